The summed E-state index contributed by atoms with van der Waals surface area (Å²) in [6, 6.07) is 10.6. The zero-order chi connectivity index (χ0) is 21.7. The van der Waals surface area contributed by atoms with Gasteiger partial charge in [0.2, 0.25) is 6.79 Å². The molecule has 0 saturated heterocycles. The molecular formula is C21H17NO8. The number of benzene rings is 2. The minimum atomic E-state index is -1.37. The fourth-order valence-corrected chi connectivity index (χ4v) is 2.95. The molecule has 2 aromatic rings. The summed E-state index contributed by atoms with van der Waals surface area (Å²) in [5.41, 5.74) is 0.723. The molecule has 2 aromatic carbocycles. The highest BCUT2D eigenvalue weighted by molar-refractivity contribution is 5.96. The quantitative estimate of drug-likeness (QED) is 0.242. The predicted octanol–water partition coefficient (Wildman–Crippen LogP) is 2.42. The first kappa shape index (κ1) is 20.7. The molecule has 0 aliphatic carbocycles. The summed E-state index contributed by atoms with van der Waals surface area (Å²) in [6.07, 6.45) is 0. The van der Waals surface area contributed by atoms with E-state index in [1.54, 1.807) is 24.3 Å². The molecule has 0 saturated carbocycles. The Bertz CT molecular complexity index is 1040. The van der Waals surface area contributed by atoms with Crippen LogP contribution in [0.25, 0.3) is 0 Å². The van der Waals surface area contributed by atoms with Crippen LogP contribution in [-0.4, -0.2) is 37.9 Å². The van der Waals surface area contributed by atoms with Crippen molar-refractivity contribution >= 4 is 17.6 Å². The molecule has 154 valence electrons. The Morgan fingerprint density at radius 3 is 2.43 bits per heavy atom. The molecule has 0 amide bonds. The van der Waals surface area contributed by atoms with Crippen LogP contribution in [0, 0.1) is 27.9 Å². The minimum Gasteiger partial charge on any atom is -0.468 e. The highest BCUT2D eigenvalue weighted by Gasteiger charge is 2.37. The summed E-state index contributed by atoms with van der Waals surface area (Å²) in [4.78, 5) is 35.2. The fraction of sp³-hybridized carbons (Fsp3) is 0.238. The van der Waals surface area contributed by atoms with Crippen LogP contribution in [0.15, 0.2) is 42.5 Å². The molecule has 9 nitrogen and oxygen atoms in total. The van der Waals surface area contributed by atoms with Crippen LogP contribution >= 0.6 is 0 Å². The average Bonchev–Trinajstić information content (AvgIpc) is 3.23. The molecular weight excluding hydrogens is 394 g/mol. The fourth-order valence-electron chi connectivity index (χ4n) is 2.95. The summed E-state index contributed by atoms with van der Waals surface area (Å²) in [7, 11) is 2.31. The highest BCUT2D eigenvalue weighted by atomic mass is 16.7. The third kappa shape index (κ3) is 4.33. The molecule has 0 aromatic heterocycles. The largest absolute Gasteiger partial charge is 0.468 e. The molecule has 1 aliphatic rings. The van der Waals surface area contributed by atoms with E-state index in [9.17, 15) is 19.7 Å². The monoisotopic (exact) mass is 411 g/mol. The molecule has 30 heavy (non-hydrogen) atoms. The number of ether oxygens (including phenoxy) is 4. The van der Waals surface area contributed by atoms with E-state index in [0.29, 0.717) is 22.6 Å². The van der Waals surface area contributed by atoms with E-state index in [0.717, 1.165) is 14.2 Å². The van der Waals surface area contributed by atoms with Crippen LogP contribution in [0.1, 0.15) is 17.0 Å². The summed E-state index contributed by atoms with van der Waals surface area (Å²) in [6.45, 7) is 0.0558. The Morgan fingerprint density at radius 1 is 1.07 bits per heavy atom. The molecule has 0 bridgehead atoms. The lowest BCUT2D eigenvalue weighted by Crippen LogP contribution is -2.31. The van der Waals surface area contributed by atoms with Crippen molar-refractivity contribution in [1.29, 1.82) is 0 Å². The standard InChI is InChI=1S/C21H17NO8/c1-27-20(23)19(21(24)28-2)16(14-7-9-17-18(11-14)30-12-29-17)8-6-13-4-3-5-15(10-13)22(25)26/h3-5,7,9-11,16,19H,12H2,1-2H3. The number of methoxy groups -OCH3 is 2. The van der Waals surface area contributed by atoms with E-state index >= 15 is 0 Å². The summed E-state index contributed by atoms with van der Waals surface area (Å²) >= 11 is 0. The second kappa shape index (κ2) is 8.96. The van der Waals surface area contributed by atoms with Gasteiger partial charge in [-0.05, 0) is 23.8 Å². The third-order valence-corrected chi connectivity index (χ3v) is 4.43. The van der Waals surface area contributed by atoms with Crippen molar-refractivity contribution in [3.05, 3.63) is 63.7 Å². The van der Waals surface area contributed by atoms with Crippen LogP contribution in [0.4, 0.5) is 5.69 Å². The number of nitro groups is 1. The van der Waals surface area contributed by atoms with Gasteiger partial charge in [-0.3, -0.25) is 19.7 Å². The van der Waals surface area contributed by atoms with Crippen molar-refractivity contribution in [3.63, 3.8) is 0 Å². The van der Waals surface area contributed by atoms with E-state index in [4.69, 9.17) is 18.9 Å². The first-order valence-corrected chi connectivity index (χ1v) is 8.75. The smallest absolute Gasteiger partial charge is 0.321 e. The van der Waals surface area contributed by atoms with Gasteiger partial charge in [-0.25, -0.2) is 0 Å². The van der Waals surface area contributed by atoms with Gasteiger partial charge in [0.1, 0.15) is 0 Å². The Morgan fingerprint density at radius 2 is 1.77 bits per heavy atom. The lowest BCUT2D eigenvalue weighted by atomic mass is 9.85. The maximum atomic E-state index is 12.4. The maximum Gasteiger partial charge on any atom is 0.321 e. The molecule has 1 heterocycles. The Labute approximate surface area is 171 Å². The zero-order valence-electron chi connectivity index (χ0n) is 16.1. The molecule has 1 unspecified atom stereocenters. The van der Waals surface area contributed by atoms with E-state index in [1.807, 2.05) is 0 Å². The lowest BCUT2D eigenvalue weighted by molar-refractivity contribution is -0.384. The number of nitrogens with zero attached hydrogens (tertiary/aromatic N) is 1. The van der Waals surface area contributed by atoms with Crippen LogP contribution in [0.3, 0.4) is 0 Å². The second-order valence-electron chi connectivity index (χ2n) is 6.19. The van der Waals surface area contributed by atoms with Gasteiger partial charge in [0.15, 0.2) is 17.4 Å². The normalized spacial score (nSPS) is 12.5. The van der Waals surface area contributed by atoms with Crippen molar-refractivity contribution in [2.75, 3.05) is 21.0 Å². The first-order chi connectivity index (χ1) is 14.4. The molecule has 0 N–H and O–H groups in total. The number of hydrogen-bond donors (Lipinski definition) is 0. The van der Waals surface area contributed by atoms with Gasteiger partial charge < -0.3 is 18.9 Å². The van der Waals surface area contributed by atoms with Crippen molar-refractivity contribution in [3.8, 4) is 23.3 Å². The van der Waals surface area contributed by atoms with Crippen molar-refractivity contribution in [1.82, 2.24) is 0 Å². The topological polar surface area (TPSA) is 114 Å². The number of rotatable bonds is 5. The van der Waals surface area contributed by atoms with E-state index in [1.165, 1.54) is 18.2 Å². The van der Waals surface area contributed by atoms with E-state index in [2.05, 4.69) is 11.8 Å². The van der Waals surface area contributed by atoms with Gasteiger partial charge >= 0.3 is 11.9 Å². The van der Waals surface area contributed by atoms with Crippen LogP contribution < -0.4 is 9.47 Å². The number of non-ortho nitro benzene ring substituents is 1. The van der Waals surface area contributed by atoms with Crippen molar-refractivity contribution in [2.45, 2.75) is 5.92 Å². The molecule has 9 heteroatoms. The van der Waals surface area contributed by atoms with Gasteiger partial charge in [0, 0.05) is 17.7 Å². The molecule has 1 atom stereocenters. The summed E-state index contributed by atoms with van der Waals surface area (Å²) in [5, 5.41) is 11.0. The lowest BCUT2D eigenvalue weighted by Gasteiger charge is -2.19. The van der Waals surface area contributed by atoms with Crippen LogP contribution in [0.2, 0.25) is 0 Å². The molecule has 1 aliphatic heterocycles. The van der Waals surface area contributed by atoms with Crippen molar-refractivity contribution < 1.29 is 33.5 Å². The summed E-state index contributed by atoms with van der Waals surface area (Å²) in [5.74, 6) is 2.67. The number of esters is 2. The molecule has 0 fully saturated rings. The first-order valence-electron chi connectivity index (χ1n) is 8.75. The third-order valence-electron chi connectivity index (χ3n) is 4.43. The van der Waals surface area contributed by atoms with E-state index < -0.39 is 28.7 Å². The maximum absolute atomic E-state index is 12.4. The van der Waals surface area contributed by atoms with Gasteiger partial charge in [-0.2, -0.15) is 0 Å². The second-order valence-corrected chi connectivity index (χ2v) is 6.19. The highest BCUT2D eigenvalue weighted by Crippen LogP contribution is 2.37. The average molecular weight is 411 g/mol. The number of carbonyl (C=O) groups excluding carboxylic acids is 2. The van der Waals surface area contributed by atoms with E-state index in [-0.39, 0.29) is 12.5 Å². The molecule has 0 spiro atoms. The number of hydrogen-bond acceptors (Lipinski definition) is 8. The summed E-state index contributed by atoms with van der Waals surface area (Å²) < 4.78 is 20.2. The van der Waals surface area contributed by atoms with Crippen molar-refractivity contribution in [2.24, 2.45) is 5.92 Å². The number of nitro benzene ring substituents is 1. The molecule has 0 radical (unpaired) electrons. The Hall–Kier alpha value is -4.06. The number of carbonyl (C=O) groups is 2. The zero-order valence-corrected chi connectivity index (χ0v) is 16.1. The number of fused-ring (bicyclic) bond motifs is 1. The predicted molar refractivity (Wildman–Crippen MR) is 103 cm³/mol. The van der Waals surface area contributed by atoms with Gasteiger partial charge in [0.05, 0.1) is 25.1 Å². The van der Waals surface area contributed by atoms with Crippen LogP contribution in [0.5, 0.6) is 11.5 Å². The van der Waals surface area contributed by atoms with Crippen LogP contribution in [-0.2, 0) is 19.1 Å². The Kier molecular flexibility index (Phi) is 6.17. The Balaban J connectivity index is 2.08. The van der Waals surface area contributed by atoms with Gasteiger partial charge in [-0.15, -0.1) is 0 Å². The van der Waals surface area contributed by atoms with Gasteiger partial charge in [0.25, 0.3) is 5.69 Å². The SMILES string of the molecule is COC(=O)C(C(=O)OC)C(C#Cc1cccc([N+](=O)[O-])c1)c1ccc2c(c1)OCO2. The molecule has 3 rings (SSSR count). The minimum absolute atomic E-state index is 0.0558. The van der Waals surface area contributed by atoms with Gasteiger partial charge in [-0.1, -0.05) is 24.0 Å².